The van der Waals surface area contributed by atoms with Crippen LogP contribution in [0.5, 0.6) is 0 Å². The van der Waals surface area contributed by atoms with E-state index in [0.29, 0.717) is 17.8 Å². The van der Waals surface area contributed by atoms with Crippen LogP contribution in [0.1, 0.15) is 36.5 Å². The number of nitrogens with one attached hydrogen (secondary N) is 2. The van der Waals surface area contributed by atoms with E-state index >= 15 is 0 Å². The van der Waals surface area contributed by atoms with Crippen LogP contribution in [0.3, 0.4) is 0 Å². The van der Waals surface area contributed by atoms with Crippen LogP contribution in [-0.4, -0.2) is 24.1 Å². The fourth-order valence-electron chi connectivity index (χ4n) is 1.87. The number of anilines is 1. The summed E-state index contributed by atoms with van der Waals surface area (Å²) in [7, 11) is 0. The number of amides is 2. The average Bonchev–Trinajstić information content (AvgIpc) is 3.22. The van der Waals surface area contributed by atoms with Gasteiger partial charge in [0.15, 0.2) is 5.78 Å². The van der Waals surface area contributed by atoms with E-state index in [1.165, 1.54) is 6.92 Å². The van der Waals surface area contributed by atoms with Gasteiger partial charge in [-0.25, -0.2) is 0 Å². The first-order valence-corrected chi connectivity index (χ1v) is 6.75. The van der Waals surface area contributed by atoms with Crippen molar-refractivity contribution >= 4 is 23.3 Å². The second-order valence-corrected chi connectivity index (χ2v) is 5.00. The Balaban J connectivity index is 1.82. The van der Waals surface area contributed by atoms with Crippen LogP contribution >= 0.6 is 0 Å². The number of rotatable bonds is 6. The Morgan fingerprint density at radius 2 is 1.80 bits per heavy atom. The van der Waals surface area contributed by atoms with Gasteiger partial charge in [-0.05, 0) is 37.1 Å². The van der Waals surface area contributed by atoms with E-state index in [9.17, 15) is 14.4 Å². The number of hydrogen-bond acceptors (Lipinski definition) is 3. The van der Waals surface area contributed by atoms with Gasteiger partial charge in [0.05, 0.1) is 0 Å². The zero-order chi connectivity index (χ0) is 14.5. The van der Waals surface area contributed by atoms with E-state index in [0.717, 1.165) is 12.8 Å². The van der Waals surface area contributed by atoms with Gasteiger partial charge in [-0.2, -0.15) is 0 Å². The van der Waals surface area contributed by atoms with Gasteiger partial charge in [-0.3, -0.25) is 14.4 Å². The van der Waals surface area contributed by atoms with Crippen LogP contribution < -0.4 is 10.6 Å². The molecule has 0 radical (unpaired) electrons. The Kier molecular flexibility index (Phi) is 4.50. The molecule has 0 unspecified atom stereocenters. The van der Waals surface area contributed by atoms with Crippen LogP contribution in [-0.2, 0) is 9.59 Å². The van der Waals surface area contributed by atoms with Gasteiger partial charge >= 0.3 is 0 Å². The lowest BCUT2D eigenvalue weighted by molar-refractivity contribution is -0.119. The zero-order valence-corrected chi connectivity index (χ0v) is 11.4. The molecule has 0 saturated heterocycles. The third-order valence-corrected chi connectivity index (χ3v) is 3.13. The molecule has 1 saturated carbocycles. The average molecular weight is 274 g/mol. The normalized spacial score (nSPS) is 13.7. The number of hydrogen-bond donors (Lipinski definition) is 2. The Labute approximate surface area is 117 Å². The molecule has 1 aromatic rings. The minimum atomic E-state index is -0.167. The molecule has 5 heteroatoms. The highest BCUT2D eigenvalue weighted by Crippen LogP contribution is 2.32. The lowest BCUT2D eigenvalue weighted by atomic mass is 10.1. The van der Waals surface area contributed by atoms with Gasteiger partial charge in [-0.1, -0.05) is 0 Å². The lowest BCUT2D eigenvalue weighted by Crippen LogP contribution is -2.25. The van der Waals surface area contributed by atoms with Gasteiger partial charge in [0.2, 0.25) is 11.8 Å². The van der Waals surface area contributed by atoms with Crippen molar-refractivity contribution in [3.63, 3.8) is 0 Å². The van der Waals surface area contributed by atoms with Crippen molar-refractivity contribution in [3.05, 3.63) is 29.8 Å². The Morgan fingerprint density at radius 3 is 2.35 bits per heavy atom. The predicted octanol–water partition coefficient (Wildman–Crippen LogP) is 1.74. The Morgan fingerprint density at radius 1 is 1.15 bits per heavy atom. The van der Waals surface area contributed by atoms with E-state index in [1.54, 1.807) is 24.3 Å². The van der Waals surface area contributed by atoms with Crippen molar-refractivity contribution < 1.29 is 14.4 Å². The van der Waals surface area contributed by atoms with E-state index in [1.807, 2.05) is 0 Å². The van der Waals surface area contributed by atoms with Crippen molar-refractivity contribution in [2.45, 2.75) is 26.2 Å². The summed E-state index contributed by atoms with van der Waals surface area (Å²) >= 11 is 0. The van der Waals surface area contributed by atoms with Crippen LogP contribution in [0, 0.1) is 5.92 Å². The number of ketones is 1. The zero-order valence-electron chi connectivity index (χ0n) is 11.4. The lowest BCUT2D eigenvalue weighted by Gasteiger charge is -2.06. The molecule has 0 atom stereocenters. The van der Waals surface area contributed by atoms with Crippen molar-refractivity contribution in [1.29, 1.82) is 0 Å². The smallest absolute Gasteiger partial charge is 0.226 e. The molecular weight excluding hydrogens is 256 g/mol. The first kappa shape index (κ1) is 14.2. The molecule has 106 valence electrons. The number of benzene rings is 1. The summed E-state index contributed by atoms with van der Waals surface area (Å²) in [5, 5.41) is 5.29. The second kappa shape index (κ2) is 6.32. The molecule has 20 heavy (non-hydrogen) atoms. The standard InChI is InChI=1S/C15H18N2O3/c1-10(18)16-9-8-14(19)17-13-6-4-12(5-7-13)15(20)11-2-3-11/h4-7,11H,2-3,8-9H2,1H3,(H,16,18)(H,17,19). The fraction of sp³-hybridized carbons (Fsp3) is 0.400. The molecule has 0 aromatic heterocycles. The van der Waals surface area contributed by atoms with Crippen LogP contribution in [0.2, 0.25) is 0 Å². The number of carbonyl (C=O) groups is 3. The monoisotopic (exact) mass is 274 g/mol. The molecule has 1 aliphatic rings. The first-order chi connectivity index (χ1) is 9.56. The SMILES string of the molecule is CC(=O)NCCC(=O)Nc1ccc(C(=O)C2CC2)cc1. The van der Waals surface area contributed by atoms with Gasteiger partial charge in [0.1, 0.15) is 0 Å². The highest BCUT2D eigenvalue weighted by atomic mass is 16.2. The van der Waals surface area contributed by atoms with Crippen LogP contribution in [0.4, 0.5) is 5.69 Å². The molecule has 2 N–H and O–H groups in total. The summed E-state index contributed by atoms with van der Waals surface area (Å²) < 4.78 is 0. The maximum atomic E-state index is 11.8. The van der Waals surface area contributed by atoms with Crippen molar-refractivity contribution in [2.24, 2.45) is 5.92 Å². The minimum absolute atomic E-state index is 0.152. The van der Waals surface area contributed by atoms with E-state index < -0.39 is 0 Å². The Hall–Kier alpha value is -2.17. The largest absolute Gasteiger partial charge is 0.356 e. The maximum absolute atomic E-state index is 11.8. The second-order valence-electron chi connectivity index (χ2n) is 5.00. The molecule has 0 aliphatic heterocycles. The summed E-state index contributed by atoms with van der Waals surface area (Å²) in [6.45, 7) is 1.73. The molecule has 1 fully saturated rings. The molecule has 0 bridgehead atoms. The van der Waals surface area contributed by atoms with Crippen molar-refractivity contribution in [2.75, 3.05) is 11.9 Å². The molecular formula is C15H18N2O3. The third-order valence-electron chi connectivity index (χ3n) is 3.13. The first-order valence-electron chi connectivity index (χ1n) is 6.75. The van der Waals surface area contributed by atoms with Crippen molar-refractivity contribution in [1.82, 2.24) is 5.32 Å². The molecule has 0 spiro atoms. The number of carbonyl (C=O) groups excluding carboxylic acids is 3. The Bertz CT molecular complexity index is 518. The highest BCUT2D eigenvalue weighted by Gasteiger charge is 2.30. The molecule has 0 heterocycles. The molecule has 2 amide bonds. The summed E-state index contributed by atoms with van der Waals surface area (Å²) in [5.41, 5.74) is 1.36. The van der Waals surface area contributed by atoms with Crippen molar-refractivity contribution in [3.8, 4) is 0 Å². The molecule has 1 aromatic carbocycles. The maximum Gasteiger partial charge on any atom is 0.226 e. The quantitative estimate of drug-likeness (QED) is 0.776. The van der Waals surface area contributed by atoms with E-state index in [4.69, 9.17) is 0 Å². The minimum Gasteiger partial charge on any atom is -0.356 e. The van der Waals surface area contributed by atoms with Gasteiger partial charge < -0.3 is 10.6 Å². The topological polar surface area (TPSA) is 75.3 Å². The summed E-state index contributed by atoms with van der Waals surface area (Å²) in [6.07, 6.45) is 2.20. The third kappa shape index (κ3) is 4.19. The molecule has 5 nitrogen and oxygen atoms in total. The van der Waals surface area contributed by atoms with Gasteiger partial charge in [0, 0.05) is 37.1 Å². The van der Waals surface area contributed by atoms with E-state index in [-0.39, 0.29) is 29.9 Å². The van der Waals surface area contributed by atoms with Gasteiger partial charge in [0.25, 0.3) is 0 Å². The van der Waals surface area contributed by atoms with E-state index in [2.05, 4.69) is 10.6 Å². The predicted molar refractivity (Wildman–Crippen MR) is 75.4 cm³/mol. The van der Waals surface area contributed by atoms with Crippen LogP contribution in [0.25, 0.3) is 0 Å². The van der Waals surface area contributed by atoms with Gasteiger partial charge in [-0.15, -0.1) is 0 Å². The number of Topliss-reactive ketones (excluding diaryl/α,β-unsaturated/α-hetero) is 1. The highest BCUT2D eigenvalue weighted by molar-refractivity contribution is 6.00. The summed E-state index contributed by atoms with van der Waals surface area (Å²) in [6, 6.07) is 6.94. The fourth-order valence-corrected chi connectivity index (χ4v) is 1.87. The molecule has 1 aliphatic carbocycles. The summed E-state index contributed by atoms with van der Waals surface area (Å²) in [5.74, 6) is 0.0717. The molecule has 2 rings (SSSR count). The summed E-state index contributed by atoms with van der Waals surface area (Å²) in [4.78, 5) is 34.1. The van der Waals surface area contributed by atoms with Crippen LogP contribution in [0.15, 0.2) is 24.3 Å².